The Bertz CT molecular complexity index is 227. The van der Waals surface area contributed by atoms with Gasteiger partial charge in [0.2, 0.25) is 0 Å². The maximum absolute atomic E-state index is 10.7. The topological polar surface area (TPSA) is 29.4 Å². The van der Waals surface area contributed by atoms with Crippen LogP contribution in [0.15, 0.2) is 28.3 Å². The van der Waals surface area contributed by atoms with E-state index in [1.165, 1.54) is 6.92 Å². The van der Waals surface area contributed by atoms with Crippen molar-refractivity contribution in [3.8, 4) is 0 Å². The van der Waals surface area contributed by atoms with Gasteiger partial charge < -0.3 is 0 Å². The lowest BCUT2D eigenvalue weighted by atomic mass is 10.3. The van der Waals surface area contributed by atoms with Gasteiger partial charge >= 0.3 is 0 Å². The summed E-state index contributed by atoms with van der Waals surface area (Å²) in [6.45, 7) is 7.96. The molecule has 0 atom stereocenters. The highest BCUT2D eigenvalue weighted by molar-refractivity contribution is 6.59. The fraction of sp³-hybridized carbons (Fsp3) is 0.143. The van der Waals surface area contributed by atoms with Crippen LogP contribution < -0.4 is 0 Å². The average molecular weight is 192 g/mol. The van der Waals surface area contributed by atoms with E-state index in [1.807, 2.05) is 0 Å². The first-order chi connectivity index (χ1) is 4.95. The lowest BCUT2D eigenvalue weighted by Gasteiger charge is -1.96. The Morgan fingerprint density at radius 1 is 1.36 bits per heavy atom. The van der Waals surface area contributed by atoms with Gasteiger partial charge in [-0.2, -0.15) is 0 Å². The number of carbonyl (C=O) groups excluding carboxylic acids is 1. The van der Waals surface area contributed by atoms with Crippen LogP contribution in [0.25, 0.3) is 0 Å². The molecule has 60 valence electrons. The number of carbonyl (C=O) groups is 1. The molecule has 0 aliphatic carbocycles. The second-order valence-electron chi connectivity index (χ2n) is 1.80. The largest absolute Gasteiger partial charge is 0.293 e. The van der Waals surface area contributed by atoms with Gasteiger partial charge in [-0.05, 0) is 0 Å². The van der Waals surface area contributed by atoms with Crippen LogP contribution in [0.3, 0.4) is 0 Å². The minimum absolute atomic E-state index is 0.0111. The number of allylic oxidation sites excluding steroid dienone is 1. The standard InChI is InChI=1S/C7H7Cl2NO/c1-4(8)7(5(2)11)10-6(3)9/h1,3H2,2H3/b10-7+. The summed E-state index contributed by atoms with van der Waals surface area (Å²) >= 11 is 10.8. The van der Waals surface area contributed by atoms with E-state index in [0.29, 0.717) is 0 Å². The van der Waals surface area contributed by atoms with Crippen molar-refractivity contribution in [1.29, 1.82) is 0 Å². The van der Waals surface area contributed by atoms with Gasteiger partial charge in [-0.25, -0.2) is 4.99 Å². The highest BCUT2D eigenvalue weighted by atomic mass is 35.5. The minimum atomic E-state index is -0.285. The lowest BCUT2D eigenvalue weighted by Crippen LogP contribution is -2.09. The van der Waals surface area contributed by atoms with Gasteiger partial charge in [-0.15, -0.1) is 0 Å². The second-order valence-corrected chi connectivity index (χ2v) is 2.69. The Kier molecular flexibility index (Phi) is 4.08. The molecule has 0 rings (SSSR count). The van der Waals surface area contributed by atoms with Crippen LogP contribution in [-0.4, -0.2) is 11.5 Å². The lowest BCUT2D eigenvalue weighted by molar-refractivity contribution is -0.111. The smallest absolute Gasteiger partial charge is 0.179 e. The first-order valence-corrected chi connectivity index (χ1v) is 3.49. The van der Waals surface area contributed by atoms with Gasteiger partial charge in [0.1, 0.15) is 10.9 Å². The summed E-state index contributed by atoms with van der Waals surface area (Å²) < 4.78 is 0. The zero-order valence-corrected chi connectivity index (χ0v) is 7.54. The van der Waals surface area contributed by atoms with Crippen LogP contribution in [0.4, 0.5) is 0 Å². The van der Waals surface area contributed by atoms with Crippen molar-refractivity contribution in [3.63, 3.8) is 0 Å². The van der Waals surface area contributed by atoms with E-state index in [2.05, 4.69) is 18.2 Å². The summed E-state index contributed by atoms with van der Waals surface area (Å²) in [5, 5.41) is 0.0799. The van der Waals surface area contributed by atoms with E-state index in [-0.39, 0.29) is 21.7 Å². The molecule has 0 aliphatic rings. The van der Waals surface area contributed by atoms with Gasteiger partial charge in [0.15, 0.2) is 5.78 Å². The van der Waals surface area contributed by atoms with Crippen LogP contribution in [0.2, 0.25) is 0 Å². The van der Waals surface area contributed by atoms with Gasteiger partial charge in [-0.3, -0.25) is 4.79 Å². The molecule has 0 N–H and O–H groups in total. The van der Waals surface area contributed by atoms with Crippen LogP contribution in [0.5, 0.6) is 0 Å². The molecule has 0 bridgehead atoms. The number of rotatable bonds is 3. The van der Waals surface area contributed by atoms with Gasteiger partial charge in [0, 0.05) is 6.92 Å². The molecule has 0 aromatic rings. The quantitative estimate of drug-likeness (QED) is 0.498. The number of hydrogen-bond acceptors (Lipinski definition) is 2. The summed E-state index contributed by atoms with van der Waals surface area (Å²) in [5.74, 6) is -0.285. The highest BCUT2D eigenvalue weighted by Crippen LogP contribution is 2.07. The first-order valence-electron chi connectivity index (χ1n) is 2.74. The number of hydrogen-bond donors (Lipinski definition) is 0. The molecular formula is C7H7Cl2NO. The van der Waals surface area contributed by atoms with E-state index in [9.17, 15) is 4.79 Å². The molecular weight excluding hydrogens is 185 g/mol. The van der Waals surface area contributed by atoms with E-state index in [1.54, 1.807) is 0 Å². The molecule has 11 heavy (non-hydrogen) atoms. The van der Waals surface area contributed by atoms with Crippen molar-refractivity contribution in [2.45, 2.75) is 6.92 Å². The van der Waals surface area contributed by atoms with E-state index < -0.39 is 0 Å². The molecule has 0 spiro atoms. The fourth-order valence-corrected chi connectivity index (χ4v) is 0.712. The van der Waals surface area contributed by atoms with Crippen molar-refractivity contribution in [2.75, 3.05) is 0 Å². The molecule has 0 aliphatic heterocycles. The molecule has 4 heteroatoms. The highest BCUT2D eigenvalue weighted by Gasteiger charge is 2.07. The maximum atomic E-state index is 10.7. The molecule has 0 unspecified atom stereocenters. The third kappa shape index (κ3) is 3.96. The van der Waals surface area contributed by atoms with Crippen LogP contribution in [-0.2, 0) is 4.79 Å². The molecule has 0 saturated carbocycles. The van der Waals surface area contributed by atoms with Gasteiger partial charge in [-0.1, -0.05) is 36.4 Å². The van der Waals surface area contributed by atoms with Crippen LogP contribution in [0.1, 0.15) is 6.92 Å². The first kappa shape index (κ1) is 10.4. The van der Waals surface area contributed by atoms with E-state index in [0.717, 1.165) is 0 Å². The van der Waals surface area contributed by atoms with E-state index in [4.69, 9.17) is 23.2 Å². The summed E-state index contributed by atoms with van der Waals surface area (Å²) in [5.41, 5.74) is 0.0478. The summed E-state index contributed by atoms with van der Waals surface area (Å²) in [6, 6.07) is 0. The zero-order valence-electron chi connectivity index (χ0n) is 6.03. The van der Waals surface area contributed by atoms with Crippen molar-refractivity contribution < 1.29 is 4.79 Å². The Labute approximate surface area is 75.2 Å². The Balaban J connectivity index is 4.75. The summed E-state index contributed by atoms with van der Waals surface area (Å²) in [4.78, 5) is 14.3. The predicted molar refractivity (Wildman–Crippen MR) is 48.1 cm³/mol. The monoisotopic (exact) mass is 191 g/mol. The molecule has 0 fully saturated rings. The van der Waals surface area contributed by atoms with Crippen molar-refractivity contribution in [3.05, 3.63) is 23.3 Å². The third-order valence-electron chi connectivity index (χ3n) is 0.824. The van der Waals surface area contributed by atoms with E-state index >= 15 is 0 Å². The fourth-order valence-electron chi connectivity index (χ4n) is 0.452. The molecule has 0 radical (unpaired) electrons. The average Bonchev–Trinajstić information content (AvgIpc) is 1.81. The minimum Gasteiger partial charge on any atom is -0.293 e. The molecule has 2 nitrogen and oxygen atoms in total. The van der Waals surface area contributed by atoms with Gasteiger partial charge in [0.05, 0.1) is 5.03 Å². The number of aliphatic imine (C=N–C) groups is 1. The SMILES string of the molecule is C=C(Cl)/N=C(\C(=C)Cl)C(C)=O. The van der Waals surface area contributed by atoms with Gasteiger partial charge in [0.25, 0.3) is 0 Å². The predicted octanol–water partition coefficient (Wildman–Crippen LogP) is 2.48. The number of halogens is 2. The second kappa shape index (κ2) is 4.31. The Morgan fingerprint density at radius 3 is 1.91 bits per heavy atom. The Morgan fingerprint density at radius 2 is 1.82 bits per heavy atom. The zero-order chi connectivity index (χ0) is 9.02. The molecule has 0 aromatic heterocycles. The third-order valence-corrected chi connectivity index (χ3v) is 1.09. The van der Waals surface area contributed by atoms with Crippen LogP contribution >= 0.6 is 23.2 Å². The van der Waals surface area contributed by atoms with Crippen molar-refractivity contribution in [2.24, 2.45) is 4.99 Å². The molecule has 0 saturated heterocycles. The molecule has 0 aromatic carbocycles. The normalized spacial score (nSPS) is 11.0. The van der Waals surface area contributed by atoms with Crippen LogP contribution in [0, 0.1) is 0 Å². The summed E-state index contributed by atoms with van der Waals surface area (Å²) in [7, 11) is 0. The number of ketones is 1. The Hall–Kier alpha value is -0.600. The maximum Gasteiger partial charge on any atom is 0.179 e. The summed E-state index contributed by atoms with van der Waals surface area (Å²) in [6.07, 6.45) is 0. The number of Topliss-reactive ketones (excluding diaryl/α,β-unsaturated/α-hetero) is 1. The van der Waals surface area contributed by atoms with Crippen molar-refractivity contribution in [1.82, 2.24) is 0 Å². The van der Waals surface area contributed by atoms with Crippen molar-refractivity contribution >= 4 is 34.7 Å². The molecule has 0 amide bonds. The number of nitrogens with zero attached hydrogens (tertiary/aromatic N) is 1. The molecule has 0 heterocycles.